The van der Waals surface area contributed by atoms with Gasteiger partial charge in [0.25, 0.3) is 0 Å². The number of hydrazone groups is 1. The molecule has 0 saturated carbocycles. The molecule has 0 radical (unpaired) electrons. The van der Waals surface area contributed by atoms with Crippen molar-refractivity contribution in [2.45, 2.75) is 34.1 Å². The number of rotatable bonds is 4. The van der Waals surface area contributed by atoms with Gasteiger partial charge in [-0.15, -0.1) is 0 Å². The molecule has 0 atom stereocenters. The first-order valence-electron chi connectivity index (χ1n) is 7.52. The molecule has 0 saturated heterocycles. The first-order chi connectivity index (χ1) is 10.9. The molecule has 2 rings (SSSR count). The zero-order valence-corrected chi connectivity index (χ0v) is 14.7. The highest BCUT2D eigenvalue weighted by Crippen LogP contribution is 2.16. The van der Waals surface area contributed by atoms with Gasteiger partial charge in [0.1, 0.15) is 0 Å². The van der Waals surface area contributed by atoms with Crippen molar-refractivity contribution in [3.8, 4) is 0 Å². The number of carbonyl (C=O) groups excluding carboxylic acids is 1. The molecule has 4 heteroatoms. The van der Waals surface area contributed by atoms with Crippen LogP contribution in [0.4, 0.5) is 0 Å². The molecule has 0 aliphatic rings. The van der Waals surface area contributed by atoms with Gasteiger partial charge in [0.05, 0.1) is 12.1 Å². The summed E-state index contributed by atoms with van der Waals surface area (Å²) >= 11 is 6.02. The van der Waals surface area contributed by atoms with E-state index in [1.54, 1.807) is 0 Å². The molecule has 0 bridgehead atoms. The monoisotopic (exact) mass is 328 g/mol. The Hall–Kier alpha value is -2.13. The second-order valence-electron chi connectivity index (χ2n) is 5.80. The highest BCUT2D eigenvalue weighted by molar-refractivity contribution is 6.31. The van der Waals surface area contributed by atoms with E-state index < -0.39 is 0 Å². The molecule has 23 heavy (non-hydrogen) atoms. The van der Waals surface area contributed by atoms with E-state index in [9.17, 15) is 4.79 Å². The van der Waals surface area contributed by atoms with Crippen LogP contribution in [-0.4, -0.2) is 11.6 Å². The van der Waals surface area contributed by atoms with Crippen molar-refractivity contribution < 1.29 is 4.79 Å². The SMILES string of the molecule is C/C(=N/NC(=O)Cc1ccc(C)cc1C)c1ccc(Cl)c(C)c1. The van der Waals surface area contributed by atoms with Crippen molar-refractivity contribution in [1.82, 2.24) is 5.43 Å². The molecule has 2 aromatic carbocycles. The molecule has 0 aliphatic heterocycles. The summed E-state index contributed by atoms with van der Waals surface area (Å²) in [6.07, 6.45) is 0.322. The van der Waals surface area contributed by atoms with Gasteiger partial charge in [0.15, 0.2) is 0 Å². The fraction of sp³-hybridized carbons (Fsp3) is 0.263. The van der Waals surface area contributed by atoms with Crippen molar-refractivity contribution >= 4 is 23.2 Å². The van der Waals surface area contributed by atoms with E-state index in [0.717, 1.165) is 33.0 Å². The highest BCUT2D eigenvalue weighted by atomic mass is 35.5. The Morgan fingerprint density at radius 3 is 2.48 bits per heavy atom. The van der Waals surface area contributed by atoms with Crippen LogP contribution in [0.1, 0.15) is 34.7 Å². The van der Waals surface area contributed by atoms with Gasteiger partial charge in [0, 0.05) is 5.02 Å². The van der Waals surface area contributed by atoms with Crippen LogP contribution in [0.2, 0.25) is 5.02 Å². The Balaban J connectivity index is 2.03. The minimum atomic E-state index is -0.123. The van der Waals surface area contributed by atoms with Gasteiger partial charge in [-0.05, 0) is 62.1 Å². The van der Waals surface area contributed by atoms with Crippen LogP contribution >= 0.6 is 11.6 Å². The normalized spacial score (nSPS) is 11.4. The van der Waals surface area contributed by atoms with E-state index in [-0.39, 0.29) is 5.91 Å². The number of nitrogens with zero attached hydrogens (tertiary/aromatic N) is 1. The summed E-state index contributed by atoms with van der Waals surface area (Å²) in [4.78, 5) is 12.1. The fourth-order valence-electron chi connectivity index (χ4n) is 2.34. The van der Waals surface area contributed by atoms with Crippen LogP contribution < -0.4 is 5.43 Å². The highest BCUT2D eigenvalue weighted by Gasteiger charge is 2.06. The molecule has 1 N–H and O–H groups in total. The standard InChI is InChI=1S/C19H21ClN2O/c1-12-5-6-16(13(2)9-12)11-19(23)22-21-15(4)17-7-8-18(20)14(3)10-17/h5-10H,11H2,1-4H3,(H,22,23)/b21-15-. The third-order valence-corrected chi connectivity index (χ3v) is 4.20. The lowest BCUT2D eigenvalue weighted by Crippen LogP contribution is -2.21. The van der Waals surface area contributed by atoms with Crippen molar-refractivity contribution in [2.24, 2.45) is 5.10 Å². The minimum absolute atomic E-state index is 0.123. The molecule has 120 valence electrons. The Bertz CT molecular complexity index is 766. The van der Waals surface area contributed by atoms with E-state index in [4.69, 9.17) is 11.6 Å². The maximum atomic E-state index is 12.1. The van der Waals surface area contributed by atoms with Crippen LogP contribution in [0.15, 0.2) is 41.5 Å². The number of carbonyl (C=O) groups is 1. The van der Waals surface area contributed by atoms with E-state index in [2.05, 4.69) is 16.6 Å². The Kier molecular flexibility index (Phi) is 5.56. The third kappa shape index (κ3) is 4.67. The number of benzene rings is 2. The summed E-state index contributed by atoms with van der Waals surface area (Å²) in [7, 11) is 0. The van der Waals surface area contributed by atoms with Crippen molar-refractivity contribution in [2.75, 3.05) is 0 Å². The minimum Gasteiger partial charge on any atom is -0.273 e. The van der Waals surface area contributed by atoms with Crippen molar-refractivity contribution in [3.63, 3.8) is 0 Å². The van der Waals surface area contributed by atoms with Crippen LogP contribution in [0.25, 0.3) is 0 Å². The van der Waals surface area contributed by atoms with Gasteiger partial charge in [-0.2, -0.15) is 5.10 Å². The lowest BCUT2D eigenvalue weighted by molar-refractivity contribution is -0.120. The topological polar surface area (TPSA) is 41.5 Å². The summed E-state index contributed by atoms with van der Waals surface area (Å²) in [5.74, 6) is -0.123. The molecule has 1 amide bonds. The smallest absolute Gasteiger partial charge is 0.244 e. The number of hydrogen-bond donors (Lipinski definition) is 1. The lowest BCUT2D eigenvalue weighted by atomic mass is 10.0. The van der Waals surface area contributed by atoms with Gasteiger partial charge in [-0.3, -0.25) is 4.79 Å². The van der Waals surface area contributed by atoms with E-state index in [1.165, 1.54) is 5.56 Å². The first kappa shape index (κ1) is 17.2. The fourth-order valence-corrected chi connectivity index (χ4v) is 2.45. The Labute approximate surface area is 142 Å². The average molecular weight is 329 g/mol. The molecule has 0 fully saturated rings. The first-order valence-corrected chi connectivity index (χ1v) is 7.90. The molecule has 3 nitrogen and oxygen atoms in total. The second-order valence-corrected chi connectivity index (χ2v) is 6.21. The number of hydrogen-bond acceptors (Lipinski definition) is 2. The lowest BCUT2D eigenvalue weighted by Gasteiger charge is -2.07. The summed E-state index contributed by atoms with van der Waals surface area (Å²) in [6, 6.07) is 11.8. The van der Waals surface area contributed by atoms with Gasteiger partial charge < -0.3 is 0 Å². The zero-order valence-electron chi connectivity index (χ0n) is 13.9. The molecule has 2 aromatic rings. The van der Waals surface area contributed by atoms with Crippen LogP contribution in [0.5, 0.6) is 0 Å². The molecular formula is C19H21ClN2O. The largest absolute Gasteiger partial charge is 0.273 e. The maximum Gasteiger partial charge on any atom is 0.244 e. The number of halogens is 1. The van der Waals surface area contributed by atoms with Gasteiger partial charge in [0.2, 0.25) is 5.91 Å². The number of nitrogens with one attached hydrogen (secondary N) is 1. The van der Waals surface area contributed by atoms with E-state index in [0.29, 0.717) is 6.42 Å². The summed E-state index contributed by atoms with van der Waals surface area (Å²) in [5, 5.41) is 4.91. The van der Waals surface area contributed by atoms with E-state index in [1.807, 2.05) is 58.0 Å². The third-order valence-electron chi connectivity index (χ3n) is 3.77. The maximum absolute atomic E-state index is 12.1. The zero-order chi connectivity index (χ0) is 17.0. The van der Waals surface area contributed by atoms with Crippen molar-refractivity contribution in [3.05, 3.63) is 69.2 Å². The van der Waals surface area contributed by atoms with Crippen LogP contribution in [-0.2, 0) is 11.2 Å². The predicted molar refractivity (Wildman–Crippen MR) is 96.2 cm³/mol. The van der Waals surface area contributed by atoms with Gasteiger partial charge in [-0.1, -0.05) is 41.4 Å². The Morgan fingerprint density at radius 2 is 1.83 bits per heavy atom. The predicted octanol–water partition coefficient (Wildman–Crippen LogP) is 4.35. The quantitative estimate of drug-likeness (QED) is 0.658. The summed E-state index contributed by atoms with van der Waals surface area (Å²) in [5.41, 5.74) is 8.63. The number of aryl methyl sites for hydroxylation is 3. The van der Waals surface area contributed by atoms with Crippen LogP contribution in [0.3, 0.4) is 0 Å². The van der Waals surface area contributed by atoms with Gasteiger partial charge >= 0.3 is 0 Å². The summed E-state index contributed by atoms with van der Waals surface area (Å²) in [6.45, 7) is 7.86. The average Bonchev–Trinajstić information content (AvgIpc) is 2.50. The molecule has 0 aliphatic carbocycles. The summed E-state index contributed by atoms with van der Waals surface area (Å²) < 4.78 is 0. The van der Waals surface area contributed by atoms with Gasteiger partial charge in [-0.25, -0.2) is 5.43 Å². The number of amides is 1. The second kappa shape index (κ2) is 7.42. The van der Waals surface area contributed by atoms with Crippen molar-refractivity contribution in [1.29, 1.82) is 0 Å². The molecule has 0 spiro atoms. The van der Waals surface area contributed by atoms with E-state index >= 15 is 0 Å². The molecule has 0 heterocycles. The molecule has 0 aromatic heterocycles. The Morgan fingerprint density at radius 1 is 1.09 bits per heavy atom. The molecule has 0 unspecified atom stereocenters. The molecular weight excluding hydrogens is 308 g/mol. The van der Waals surface area contributed by atoms with Crippen LogP contribution in [0, 0.1) is 20.8 Å².